The second kappa shape index (κ2) is 11.5. The number of rotatable bonds is 8. The normalized spacial score (nSPS) is 17.5. The van der Waals surface area contributed by atoms with Crippen LogP contribution in [-0.2, 0) is 32.2 Å². The van der Waals surface area contributed by atoms with Crippen LogP contribution < -0.4 is 0 Å². The van der Waals surface area contributed by atoms with E-state index in [1.54, 1.807) is 54.6 Å². The Bertz CT molecular complexity index is 1290. The molecule has 1 aliphatic heterocycles. The second-order valence-electron chi connectivity index (χ2n) is 8.60. The van der Waals surface area contributed by atoms with Crippen molar-refractivity contribution in [1.82, 2.24) is 9.80 Å². The number of amides is 2. The maximum atomic E-state index is 13.8. The highest BCUT2D eigenvalue weighted by Gasteiger charge is 2.43. The number of carboxylic acids is 1. The number of carboxylic acid groups (broad SMARTS) is 1. The fourth-order valence-electron chi connectivity index (χ4n) is 4.36. The van der Waals surface area contributed by atoms with Gasteiger partial charge >= 0.3 is 5.97 Å². The molecule has 0 aliphatic carbocycles. The van der Waals surface area contributed by atoms with Gasteiger partial charge in [-0.05, 0) is 41.0 Å². The van der Waals surface area contributed by atoms with E-state index in [0.29, 0.717) is 16.7 Å². The number of ether oxygens (including phenoxy) is 1. The van der Waals surface area contributed by atoms with Gasteiger partial charge in [-0.15, -0.1) is 0 Å². The van der Waals surface area contributed by atoms with Gasteiger partial charge in [0.1, 0.15) is 24.8 Å². The monoisotopic (exact) mass is 528 g/mol. The summed E-state index contributed by atoms with van der Waals surface area (Å²) >= 11 is 6.12. The summed E-state index contributed by atoms with van der Waals surface area (Å²) in [4.78, 5) is 40.8. The van der Waals surface area contributed by atoms with Crippen LogP contribution in [0.25, 0.3) is 0 Å². The van der Waals surface area contributed by atoms with E-state index < -0.39 is 48.8 Å². The van der Waals surface area contributed by atoms with E-state index >= 15 is 0 Å². The molecule has 0 radical (unpaired) electrons. The van der Waals surface area contributed by atoms with Gasteiger partial charge in [0.15, 0.2) is 6.10 Å². The number of morpholine rings is 1. The predicted molar refractivity (Wildman–Crippen MR) is 130 cm³/mol. The number of hydrogen-bond acceptors (Lipinski definition) is 4. The Morgan fingerprint density at radius 3 is 2.35 bits per heavy atom. The molecule has 7 nitrogen and oxygen atoms in total. The van der Waals surface area contributed by atoms with Gasteiger partial charge in [0.05, 0.1) is 6.04 Å². The number of carbonyl (C=O) groups excluding carboxylic acids is 2. The van der Waals surface area contributed by atoms with E-state index in [1.807, 2.05) is 0 Å². The first-order valence-corrected chi connectivity index (χ1v) is 11.7. The molecule has 3 aromatic carbocycles. The summed E-state index contributed by atoms with van der Waals surface area (Å²) in [6, 6.07) is 17.5. The minimum absolute atomic E-state index is 0.0750. The second-order valence-corrected chi connectivity index (χ2v) is 9.04. The maximum absolute atomic E-state index is 13.8. The first kappa shape index (κ1) is 26.2. The molecule has 3 aromatic rings. The highest BCUT2D eigenvalue weighted by Crippen LogP contribution is 2.33. The molecule has 0 bridgehead atoms. The van der Waals surface area contributed by atoms with Crippen molar-refractivity contribution in [3.63, 3.8) is 0 Å². The average Bonchev–Trinajstić information content (AvgIpc) is 2.84. The number of halogens is 3. The minimum atomic E-state index is -1.32. The maximum Gasteiger partial charge on any atom is 0.323 e. The lowest BCUT2D eigenvalue weighted by molar-refractivity contribution is -0.172. The van der Waals surface area contributed by atoms with E-state index in [9.17, 15) is 28.3 Å². The van der Waals surface area contributed by atoms with Crippen LogP contribution in [0.1, 0.15) is 22.7 Å². The zero-order chi connectivity index (χ0) is 26.5. The Morgan fingerprint density at radius 1 is 1.00 bits per heavy atom. The van der Waals surface area contributed by atoms with Crippen LogP contribution in [0.3, 0.4) is 0 Å². The summed E-state index contributed by atoms with van der Waals surface area (Å²) in [5.41, 5.74) is 1.40. The molecule has 1 saturated heterocycles. The summed E-state index contributed by atoms with van der Waals surface area (Å²) in [5.74, 6) is -4.12. The van der Waals surface area contributed by atoms with Crippen LogP contribution in [0.15, 0.2) is 72.8 Å². The highest BCUT2D eigenvalue weighted by atomic mass is 35.5. The fraction of sp³-hybridized carbons (Fsp3) is 0.222. The first-order valence-electron chi connectivity index (χ1n) is 11.4. The smallest absolute Gasteiger partial charge is 0.323 e. The third kappa shape index (κ3) is 6.49. The van der Waals surface area contributed by atoms with Crippen LogP contribution in [0.5, 0.6) is 0 Å². The van der Waals surface area contributed by atoms with Gasteiger partial charge in [-0.1, -0.05) is 54.1 Å². The Kier molecular flexibility index (Phi) is 8.15. The van der Waals surface area contributed by atoms with Crippen LogP contribution in [0.4, 0.5) is 8.78 Å². The molecule has 1 aliphatic rings. The van der Waals surface area contributed by atoms with Crippen molar-refractivity contribution in [2.24, 2.45) is 0 Å². The Balaban J connectivity index is 1.70. The zero-order valence-corrected chi connectivity index (χ0v) is 20.3. The van der Waals surface area contributed by atoms with E-state index in [4.69, 9.17) is 16.3 Å². The van der Waals surface area contributed by atoms with Gasteiger partial charge in [0.2, 0.25) is 5.91 Å². The summed E-state index contributed by atoms with van der Waals surface area (Å²) in [6.07, 6.45) is -1.27. The molecule has 4 rings (SSSR count). The van der Waals surface area contributed by atoms with Crippen LogP contribution in [0.2, 0.25) is 5.02 Å². The quantitative estimate of drug-likeness (QED) is 0.473. The summed E-state index contributed by atoms with van der Waals surface area (Å²) in [6.45, 7) is -1.39. The minimum Gasteiger partial charge on any atom is -0.480 e. The number of nitrogens with zero attached hydrogens (tertiary/aromatic N) is 2. The SMILES string of the molecule is O=C(O)CN(Cc1cc(F)cc(F)c1)C(=O)[C@@H]1OCC(=O)N(Cc2cccc(Cl)c2)[C@@H]1c1ccccc1. The predicted octanol–water partition coefficient (Wildman–Crippen LogP) is 4.20. The lowest BCUT2D eigenvalue weighted by atomic mass is 9.95. The molecule has 1 N–H and O–H groups in total. The van der Waals surface area contributed by atoms with Crippen molar-refractivity contribution in [3.8, 4) is 0 Å². The topological polar surface area (TPSA) is 87.1 Å². The molecular weight excluding hydrogens is 506 g/mol. The van der Waals surface area contributed by atoms with E-state index in [2.05, 4.69) is 0 Å². The Morgan fingerprint density at radius 2 is 1.70 bits per heavy atom. The first-order chi connectivity index (χ1) is 17.7. The molecule has 192 valence electrons. The zero-order valence-electron chi connectivity index (χ0n) is 19.5. The number of hydrogen-bond donors (Lipinski definition) is 1. The molecule has 2 atom stereocenters. The fourth-order valence-corrected chi connectivity index (χ4v) is 4.57. The van der Waals surface area contributed by atoms with Crippen molar-refractivity contribution >= 4 is 29.4 Å². The van der Waals surface area contributed by atoms with Gasteiger partial charge in [-0.25, -0.2) is 8.78 Å². The van der Waals surface area contributed by atoms with Crippen LogP contribution in [0, 0.1) is 11.6 Å². The number of carbonyl (C=O) groups is 3. The van der Waals surface area contributed by atoms with Gasteiger partial charge in [-0.2, -0.15) is 0 Å². The van der Waals surface area contributed by atoms with Crippen LogP contribution in [-0.4, -0.2) is 51.9 Å². The van der Waals surface area contributed by atoms with Crippen molar-refractivity contribution in [2.75, 3.05) is 13.2 Å². The molecule has 0 aromatic heterocycles. The van der Waals surface area contributed by atoms with E-state index in [1.165, 1.54) is 4.90 Å². The molecule has 1 fully saturated rings. The summed E-state index contributed by atoms with van der Waals surface area (Å²) in [7, 11) is 0. The molecule has 10 heteroatoms. The largest absolute Gasteiger partial charge is 0.480 e. The van der Waals surface area contributed by atoms with Crippen molar-refractivity contribution < 1.29 is 33.0 Å². The molecule has 37 heavy (non-hydrogen) atoms. The summed E-state index contributed by atoms with van der Waals surface area (Å²) in [5, 5.41) is 9.94. The Labute approximate surface area is 216 Å². The van der Waals surface area contributed by atoms with Gasteiger partial charge in [0.25, 0.3) is 5.91 Å². The van der Waals surface area contributed by atoms with Gasteiger partial charge in [0, 0.05) is 24.2 Å². The number of benzene rings is 3. The molecule has 0 unspecified atom stereocenters. The molecule has 2 amide bonds. The van der Waals surface area contributed by atoms with Crippen molar-refractivity contribution in [1.29, 1.82) is 0 Å². The lowest BCUT2D eigenvalue weighted by Gasteiger charge is -2.42. The number of aliphatic carboxylic acids is 1. The Hall–Kier alpha value is -3.82. The van der Waals surface area contributed by atoms with E-state index in [0.717, 1.165) is 22.6 Å². The van der Waals surface area contributed by atoms with Gasteiger partial charge < -0.3 is 19.6 Å². The van der Waals surface area contributed by atoms with Gasteiger partial charge in [-0.3, -0.25) is 14.4 Å². The third-order valence-electron chi connectivity index (χ3n) is 5.89. The standard InChI is InChI=1S/C27H23ClF2N2O5/c28-20-8-4-5-17(9-20)14-32-23(33)16-37-26(25(32)19-6-2-1-3-7-19)27(36)31(15-24(34)35)13-18-10-21(29)12-22(30)11-18/h1-12,25-26H,13-16H2,(H,34,35)/t25-,26-/m1/s1. The molecule has 0 spiro atoms. The lowest BCUT2D eigenvalue weighted by Crippen LogP contribution is -2.55. The van der Waals surface area contributed by atoms with Crippen molar-refractivity contribution in [3.05, 3.63) is 106 Å². The van der Waals surface area contributed by atoms with Crippen molar-refractivity contribution in [2.45, 2.75) is 25.2 Å². The molecule has 1 heterocycles. The van der Waals surface area contributed by atoms with E-state index in [-0.39, 0.29) is 24.6 Å². The average molecular weight is 529 g/mol. The summed E-state index contributed by atoms with van der Waals surface area (Å²) < 4.78 is 33.3. The highest BCUT2D eigenvalue weighted by molar-refractivity contribution is 6.30. The molecule has 0 saturated carbocycles. The molecular formula is C27H23ClF2N2O5. The third-order valence-corrected chi connectivity index (χ3v) is 6.12. The van der Waals surface area contributed by atoms with Crippen LogP contribution >= 0.6 is 11.6 Å².